The van der Waals surface area contributed by atoms with E-state index in [2.05, 4.69) is 24.3 Å². The molecular formula is C21H29N3O2. The Morgan fingerprint density at radius 1 is 1.15 bits per heavy atom. The van der Waals surface area contributed by atoms with Crippen molar-refractivity contribution in [3.8, 4) is 0 Å². The van der Waals surface area contributed by atoms with Crippen LogP contribution in [-0.4, -0.2) is 21.6 Å². The minimum Gasteiger partial charge on any atom is -0.326 e. The number of nitrogens with one attached hydrogen (secondary N) is 1. The van der Waals surface area contributed by atoms with Crippen LogP contribution in [0.15, 0.2) is 24.3 Å². The normalized spacial score (nSPS) is 11.0. The predicted molar refractivity (Wildman–Crippen MR) is 105 cm³/mol. The van der Waals surface area contributed by atoms with Gasteiger partial charge in [-0.05, 0) is 68.9 Å². The van der Waals surface area contributed by atoms with E-state index in [0.29, 0.717) is 23.6 Å². The Morgan fingerprint density at radius 3 is 2.38 bits per heavy atom. The van der Waals surface area contributed by atoms with Crippen LogP contribution >= 0.6 is 0 Å². The van der Waals surface area contributed by atoms with Gasteiger partial charge in [0.15, 0.2) is 0 Å². The van der Waals surface area contributed by atoms with Gasteiger partial charge in [-0.3, -0.25) is 9.59 Å². The van der Waals surface area contributed by atoms with Gasteiger partial charge in [0.2, 0.25) is 5.91 Å². The van der Waals surface area contributed by atoms with Crippen LogP contribution in [0, 0.1) is 19.8 Å². The topological polar surface area (TPSA) is 64.0 Å². The number of nitrogens with zero attached hydrogens (tertiary/aromatic N) is 2. The molecule has 140 valence electrons. The van der Waals surface area contributed by atoms with Crippen molar-refractivity contribution in [1.29, 1.82) is 0 Å². The van der Waals surface area contributed by atoms with E-state index in [1.54, 1.807) is 24.3 Å². The van der Waals surface area contributed by atoms with Gasteiger partial charge >= 0.3 is 0 Å². The monoisotopic (exact) mass is 355 g/mol. The Kier molecular flexibility index (Phi) is 6.72. The second kappa shape index (κ2) is 8.79. The minimum absolute atomic E-state index is 0.0140. The SMILES string of the molecule is CCCC(=O)Nc1ccc(C(=O)n2nc(C)c(CCC(C)C)c2C)cc1. The molecule has 0 aliphatic rings. The van der Waals surface area contributed by atoms with Crippen molar-refractivity contribution in [2.24, 2.45) is 5.92 Å². The zero-order valence-corrected chi connectivity index (χ0v) is 16.4. The number of aryl methyl sites for hydroxylation is 1. The summed E-state index contributed by atoms with van der Waals surface area (Å²) in [6.45, 7) is 10.3. The smallest absolute Gasteiger partial charge is 0.278 e. The van der Waals surface area contributed by atoms with Gasteiger partial charge < -0.3 is 5.32 Å². The van der Waals surface area contributed by atoms with Gasteiger partial charge in [0.1, 0.15) is 0 Å². The highest BCUT2D eigenvalue weighted by molar-refractivity contribution is 5.97. The van der Waals surface area contributed by atoms with Crippen LogP contribution in [0.5, 0.6) is 0 Å². The summed E-state index contributed by atoms with van der Waals surface area (Å²) in [5.74, 6) is 0.455. The van der Waals surface area contributed by atoms with E-state index in [0.717, 1.165) is 36.2 Å². The van der Waals surface area contributed by atoms with Crippen LogP contribution in [0.25, 0.3) is 0 Å². The van der Waals surface area contributed by atoms with Crippen molar-refractivity contribution in [1.82, 2.24) is 9.78 Å². The fourth-order valence-electron chi connectivity index (χ4n) is 2.94. The van der Waals surface area contributed by atoms with E-state index >= 15 is 0 Å². The maximum absolute atomic E-state index is 12.8. The maximum atomic E-state index is 12.8. The zero-order valence-electron chi connectivity index (χ0n) is 16.4. The van der Waals surface area contributed by atoms with Crippen LogP contribution < -0.4 is 5.32 Å². The molecule has 0 saturated heterocycles. The molecule has 2 rings (SSSR count). The summed E-state index contributed by atoms with van der Waals surface area (Å²) in [5, 5.41) is 7.28. The molecule has 1 heterocycles. The first-order valence-corrected chi connectivity index (χ1v) is 9.33. The molecule has 0 bridgehead atoms. The van der Waals surface area contributed by atoms with Crippen LogP contribution in [0.1, 0.15) is 67.3 Å². The summed E-state index contributed by atoms with van der Waals surface area (Å²) in [4.78, 5) is 24.5. The molecule has 0 spiro atoms. The molecule has 5 nitrogen and oxygen atoms in total. The summed E-state index contributed by atoms with van der Waals surface area (Å²) in [7, 11) is 0. The summed E-state index contributed by atoms with van der Waals surface area (Å²) >= 11 is 0. The minimum atomic E-state index is -0.146. The van der Waals surface area contributed by atoms with E-state index < -0.39 is 0 Å². The molecule has 5 heteroatoms. The highest BCUT2D eigenvalue weighted by Gasteiger charge is 2.18. The van der Waals surface area contributed by atoms with Gasteiger partial charge in [0.05, 0.1) is 5.69 Å². The lowest BCUT2D eigenvalue weighted by Crippen LogP contribution is -2.16. The van der Waals surface area contributed by atoms with Gasteiger partial charge in [-0.1, -0.05) is 20.8 Å². The largest absolute Gasteiger partial charge is 0.326 e. The van der Waals surface area contributed by atoms with Crippen molar-refractivity contribution in [2.75, 3.05) is 5.32 Å². The second-order valence-corrected chi connectivity index (χ2v) is 7.17. The van der Waals surface area contributed by atoms with E-state index in [1.165, 1.54) is 4.68 Å². The number of hydrogen-bond acceptors (Lipinski definition) is 3. The summed E-state index contributed by atoms with van der Waals surface area (Å²) in [6.07, 6.45) is 3.31. The first-order valence-electron chi connectivity index (χ1n) is 9.33. The first kappa shape index (κ1) is 19.9. The molecule has 0 saturated carbocycles. The molecule has 0 unspecified atom stereocenters. The Hall–Kier alpha value is -2.43. The van der Waals surface area contributed by atoms with Crippen molar-refractivity contribution >= 4 is 17.5 Å². The summed E-state index contributed by atoms with van der Waals surface area (Å²) < 4.78 is 1.50. The van der Waals surface area contributed by atoms with E-state index in [-0.39, 0.29) is 11.8 Å². The highest BCUT2D eigenvalue weighted by atomic mass is 16.2. The van der Waals surface area contributed by atoms with Gasteiger partial charge in [-0.25, -0.2) is 4.68 Å². The van der Waals surface area contributed by atoms with Crippen LogP contribution in [0.3, 0.4) is 0 Å². The molecule has 2 aromatic rings. The second-order valence-electron chi connectivity index (χ2n) is 7.17. The maximum Gasteiger partial charge on any atom is 0.278 e. The van der Waals surface area contributed by atoms with Crippen molar-refractivity contribution in [2.45, 2.75) is 60.3 Å². The average Bonchev–Trinajstić information content (AvgIpc) is 2.87. The Labute approximate surface area is 155 Å². The van der Waals surface area contributed by atoms with Crippen molar-refractivity contribution in [3.63, 3.8) is 0 Å². The molecule has 26 heavy (non-hydrogen) atoms. The lowest BCUT2D eigenvalue weighted by atomic mass is 10.0. The average molecular weight is 355 g/mol. The van der Waals surface area contributed by atoms with Gasteiger partial charge in [-0.15, -0.1) is 0 Å². The fraction of sp³-hybridized carbons (Fsp3) is 0.476. The van der Waals surface area contributed by atoms with Crippen LogP contribution in [0.4, 0.5) is 5.69 Å². The molecular weight excluding hydrogens is 326 g/mol. The number of benzene rings is 1. The zero-order chi connectivity index (χ0) is 19.3. The molecule has 0 fully saturated rings. The van der Waals surface area contributed by atoms with E-state index in [4.69, 9.17) is 0 Å². The van der Waals surface area contributed by atoms with Crippen molar-refractivity contribution in [3.05, 3.63) is 46.8 Å². The Balaban J connectivity index is 2.16. The number of hydrogen-bond donors (Lipinski definition) is 1. The number of amides is 1. The molecule has 1 N–H and O–H groups in total. The molecule has 0 radical (unpaired) electrons. The highest BCUT2D eigenvalue weighted by Crippen LogP contribution is 2.19. The number of carbonyl (C=O) groups is 2. The molecule has 0 atom stereocenters. The first-order chi connectivity index (χ1) is 12.3. The summed E-state index contributed by atoms with van der Waals surface area (Å²) in [6, 6.07) is 6.97. The molecule has 1 amide bonds. The molecule has 0 aliphatic heterocycles. The van der Waals surface area contributed by atoms with E-state index in [9.17, 15) is 9.59 Å². The number of carbonyl (C=O) groups excluding carboxylic acids is 2. The number of anilines is 1. The van der Waals surface area contributed by atoms with Crippen LogP contribution in [0.2, 0.25) is 0 Å². The van der Waals surface area contributed by atoms with Crippen molar-refractivity contribution < 1.29 is 9.59 Å². The standard InChI is InChI=1S/C21H29N3O2/c1-6-7-20(25)22-18-11-9-17(10-12-18)21(26)24-16(5)19(15(4)23-24)13-8-14(2)3/h9-12,14H,6-8,13H2,1-5H3,(H,22,25). The van der Waals surface area contributed by atoms with Gasteiger partial charge in [0, 0.05) is 23.4 Å². The lowest BCUT2D eigenvalue weighted by Gasteiger charge is -2.08. The lowest BCUT2D eigenvalue weighted by molar-refractivity contribution is -0.116. The quantitative estimate of drug-likeness (QED) is 0.794. The fourth-order valence-corrected chi connectivity index (χ4v) is 2.94. The molecule has 1 aromatic heterocycles. The van der Waals surface area contributed by atoms with Crippen LogP contribution in [-0.2, 0) is 11.2 Å². The third-order valence-electron chi connectivity index (χ3n) is 4.50. The predicted octanol–water partition coefficient (Wildman–Crippen LogP) is 4.52. The Morgan fingerprint density at radius 2 is 1.81 bits per heavy atom. The van der Waals surface area contributed by atoms with Gasteiger partial charge in [-0.2, -0.15) is 5.10 Å². The van der Waals surface area contributed by atoms with Gasteiger partial charge in [0.25, 0.3) is 5.91 Å². The third-order valence-corrected chi connectivity index (χ3v) is 4.50. The van der Waals surface area contributed by atoms with E-state index in [1.807, 2.05) is 20.8 Å². The summed E-state index contributed by atoms with van der Waals surface area (Å²) in [5.41, 5.74) is 4.24. The number of aromatic nitrogens is 2. The Bertz CT molecular complexity index is 773. The third kappa shape index (κ3) is 4.81. The number of rotatable bonds is 7. The molecule has 1 aromatic carbocycles. The molecule has 0 aliphatic carbocycles.